The van der Waals surface area contributed by atoms with Gasteiger partial charge < -0.3 is 10.2 Å². The topological polar surface area (TPSA) is 144 Å². The van der Waals surface area contributed by atoms with Crippen molar-refractivity contribution in [2.75, 3.05) is 65.4 Å². The number of hydrogen-bond acceptors (Lipinski definition) is 10. The molecule has 6 heterocycles. The van der Waals surface area contributed by atoms with Gasteiger partial charge in [-0.25, -0.2) is 9.67 Å². The predicted octanol–water partition coefficient (Wildman–Crippen LogP) is 1.85. The molecule has 8 bridgehead atoms. The molecule has 47 heavy (non-hydrogen) atoms. The number of nitrogens with zero attached hydrogens (tertiary/aromatic N) is 9. The third-order valence-electron chi connectivity index (χ3n) is 8.39. The van der Waals surface area contributed by atoms with E-state index in [0.29, 0.717) is 83.4 Å². The smallest absolute Gasteiger partial charge is 0.317 e. The molecule has 14 heteroatoms. The summed E-state index contributed by atoms with van der Waals surface area (Å²) in [6.45, 7) is 6.04. The molecule has 0 radical (unpaired) electrons. The van der Waals surface area contributed by atoms with Crippen LogP contribution in [-0.2, 0) is 56.5 Å². The van der Waals surface area contributed by atoms with Crippen LogP contribution >= 0.6 is 0 Å². The molecule has 7 rings (SSSR count). The number of rotatable bonds is 5. The van der Waals surface area contributed by atoms with Crippen LogP contribution in [0.4, 0.5) is 0 Å². The van der Waals surface area contributed by atoms with Gasteiger partial charge in [0.2, 0.25) is 0 Å². The van der Waals surface area contributed by atoms with Gasteiger partial charge in [-0.15, -0.1) is 5.10 Å². The van der Waals surface area contributed by atoms with Gasteiger partial charge in [0.25, 0.3) is 0 Å². The Labute approximate surface area is 294 Å². The maximum atomic E-state index is 11.8. The molecule has 13 nitrogen and oxygen atoms in total. The molecule has 4 aromatic rings. The van der Waals surface area contributed by atoms with Gasteiger partial charge in [-0.05, 0) is 35.4 Å². The summed E-state index contributed by atoms with van der Waals surface area (Å²) in [7, 11) is 0. The van der Waals surface area contributed by atoms with E-state index < -0.39 is 11.9 Å². The van der Waals surface area contributed by atoms with Gasteiger partial charge in [0, 0.05) is 92.7 Å². The van der Waals surface area contributed by atoms with E-state index in [9.17, 15) is 19.8 Å². The summed E-state index contributed by atoms with van der Waals surface area (Å²) in [5.74, 6) is -1.72. The molecular formula is C33H39CdN9O4. The van der Waals surface area contributed by atoms with Gasteiger partial charge in [0.1, 0.15) is 5.69 Å². The molecule has 242 valence electrons. The molecule has 1 fully saturated rings. The quantitative estimate of drug-likeness (QED) is 0.289. The van der Waals surface area contributed by atoms with E-state index in [1.54, 1.807) is 4.68 Å². The first-order chi connectivity index (χ1) is 22.4. The maximum Gasteiger partial charge on any atom is 0.317 e. The monoisotopic (exact) mass is 739 g/mol. The van der Waals surface area contributed by atoms with E-state index >= 15 is 0 Å². The summed E-state index contributed by atoms with van der Waals surface area (Å²) in [6.07, 6.45) is 1.89. The van der Waals surface area contributed by atoms with E-state index in [1.165, 1.54) is 0 Å². The summed E-state index contributed by atoms with van der Waals surface area (Å²) in [5.41, 5.74) is 6.04. The molecule has 0 atom stereocenters. The number of carboxylic acids is 2. The Morgan fingerprint density at radius 3 is 1.79 bits per heavy atom. The second-order valence-corrected chi connectivity index (χ2v) is 11.9. The second-order valence-electron chi connectivity index (χ2n) is 11.9. The third kappa shape index (κ3) is 9.93. The molecule has 3 aliphatic heterocycles. The molecule has 1 saturated heterocycles. The van der Waals surface area contributed by atoms with Crippen molar-refractivity contribution >= 4 is 11.9 Å². The van der Waals surface area contributed by atoms with Crippen molar-refractivity contribution in [3.8, 4) is 22.5 Å². The Hall–Kier alpha value is -3.64. The van der Waals surface area contributed by atoms with Crippen molar-refractivity contribution < 1.29 is 47.1 Å². The molecule has 0 saturated carbocycles. The largest absolute Gasteiger partial charge is 0.480 e. The van der Waals surface area contributed by atoms with Crippen molar-refractivity contribution in [1.29, 1.82) is 0 Å². The molecule has 0 unspecified atom stereocenters. The summed E-state index contributed by atoms with van der Waals surface area (Å²) in [5, 5.41) is 28.2. The van der Waals surface area contributed by atoms with Gasteiger partial charge in [0.15, 0.2) is 0 Å². The summed E-state index contributed by atoms with van der Waals surface area (Å²) >= 11 is 0. The van der Waals surface area contributed by atoms with Gasteiger partial charge in [-0.1, -0.05) is 41.6 Å². The number of carboxylic acid groups (broad SMARTS) is 2. The maximum absolute atomic E-state index is 11.8. The fourth-order valence-electron chi connectivity index (χ4n) is 6.03. The third-order valence-corrected chi connectivity index (χ3v) is 8.39. The zero-order valence-corrected chi connectivity index (χ0v) is 30.5. The van der Waals surface area contributed by atoms with Crippen molar-refractivity contribution in [2.45, 2.75) is 19.6 Å². The first-order valence-electron chi connectivity index (χ1n) is 15.6. The molecule has 0 amide bonds. The normalized spacial score (nSPS) is 19.6. The van der Waals surface area contributed by atoms with Crippen molar-refractivity contribution in [2.24, 2.45) is 0 Å². The molecule has 2 N–H and O–H groups in total. The summed E-state index contributed by atoms with van der Waals surface area (Å²) < 4.78 is 1.78. The Morgan fingerprint density at radius 2 is 1.19 bits per heavy atom. The first kappa shape index (κ1) is 34.7. The minimum atomic E-state index is -0.861. The van der Waals surface area contributed by atoms with Gasteiger partial charge in [-0.2, -0.15) is 0 Å². The second kappa shape index (κ2) is 16.5. The number of fused-ring (bicyclic) bond motifs is 8. The zero-order valence-electron chi connectivity index (χ0n) is 26.5. The van der Waals surface area contributed by atoms with Crippen molar-refractivity contribution in [3.63, 3.8) is 0 Å². The summed E-state index contributed by atoms with van der Waals surface area (Å²) in [4.78, 5) is 42.1. The van der Waals surface area contributed by atoms with E-state index in [2.05, 4.69) is 44.4 Å². The fraction of sp³-hybridized carbons (Fsp3) is 0.394. The average molecular weight is 738 g/mol. The number of aliphatic carboxylic acids is 2. The van der Waals surface area contributed by atoms with E-state index in [1.807, 2.05) is 52.4 Å². The van der Waals surface area contributed by atoms with E-state index in [4.69, 9.17) is 9.97 Å². The van der Waals surface area contributed by atoms with Crippen molar-refractivity contribution in [3.05, 3.63) is 83.9 Å². The molecule has 0 spiro atoms. The van der Waals surface area contributed by atoms with Crippen molar-refractivity contribution in [1.82, 2.24) is 44.6 Å². The number of benzene rings is 1. The number of aromatic nitrogens is 5. The van der Waals surface area contributed by atoms with Gasteiger partial charge in [-0.3, -0.25) is 34.2 Å². The Morgan fingerprint density at radius 1 is 0.617 bits per heavy atom. The van der Waals surface area contributed by atoms with Crippen LogP contribution in [0.3, 0.4) is 0 Å². The standard InChI is InChI=1S/C33H39N9O4.Cd/c43-32(44)23-40-13-9-38-10-14-41(24-33(45)46)16-12-39(11-15-40)20-28-17-26(25-5-2-1-3-6-25)18-29(34-28)21-42-22-31(36-37-42)30-8-4-7-27(19-38)35-30;/h1-8,17-18,22H,9-16,19-21,23-24H2,(H,43,44)(H,45,46);. The van der Waals surface area contributed by atoms with Crippen LogP contribution in [0, 0.1) is 0 Å². The first-order valence-corrected chi connectivity index (χ1v) is 15.6. The van der Waals surface area contributed by atoms with Crippen LogP contribution in [-0.4, -0.2) is 132 Å². The number of carbonyl (C=O) groups is 2. The fourth-order valence-corrected chi connectivity index (χ4v) is 6.03. The Kier molecular flexibility index (Phi) is 12.1. The number of hydrogen-bond donors (Lipinski definition) is 2. The summed E-state index contributed by atoms with van der Waals surface area (Å²) in [6, 6.07) is 20.2. The van der Waals surface area contributed by atoms with Crippen LogP contribution in [0.25, 0.3) is 22.5 Å². The minimum absolute atomic E-state index is 0. The molecular weight excluding hydrogens is 699 g/mol. The molecule has 3 aromatic heterocycles. The Bertz CT molecular complexity index is 1620. The zero-order chi connectivity index (χ0) is 31.9. The molecule has 3 aliphatic rings. The van der Waals surface area contributed by atoms with Crippen LogP contribution < -0.4 is 0 Å². The van der Waals surface area contributed by atoms with E-state index in [0.717, 1.165) is 28.2 Å². The van der Waals surface area contributed by atoms with Gasteiger partial charge >= 0.3 is 11.9 Å². The van der Waals surface area contributed by atoms with Crippen LogP contribution in [0.1, 0.15) is 17.1 Å². The SMILES string of the molecule is O=C(O)CN1CCN2CCN(CC(=O)O)CCN(CC1)Cc1cccc(n1)-c1cn(nn1)Cc1cc(-c3ccccc3)cc(n1)C2.[Cd]. The molecule has 0 aliphatic carbocycles. The predicted molar refractivity (Wildman–Crippen MR) is 171 cm³/mol. The Balaban J connectivity index is 0.00000433. The van der Waals surface area contributed by atoms with Gasteiger partial charge in [0.05, 0.1) is 48.6 Å². The number of pyridine rings is 2. The van der Waals surface area contributed by atoms with Crippen LogP contribution in [0.5, 0.6) is 0 Å². The minimum Gasteiger partial charge on any atom is -0.480 e. The average Bonchev–Trinajstić information content (AvgIpc) is 3.50. The molecule has 1 aromatic carbocycles. The van der Waals surface area contributed by atoms with Crippen LogP contribution in [0.2, 0.25) is 0 Å². The van der Waals surface area contributed by atoms with Crippen LogP contribution in [0.15, 0.2) is 66.9 Å². The van der Waals surface area contributed by atoms with E-state index in [-0.39, 0.29) is 40.4 Å².